The topological polar surface area (TPSA) is 134 Å². The summed E-state index contributed by atoms with van der Waals surface area (Å²) in [7, 11) is -4.41. The van der Waals surface area contributed by atoms with Crippen LogP contribution in [-0.2, 0) is 10.3 Å². The minimum Gasteiger partial charge on any atom is -0.275 e. The largest absolute Gasteiger partial charge is 0.350 e. The minimum atomic E-state index is -4.41. The van der Waals surface area contributed by atoms with Crippen molar-refractivity contribution in [2.24, 2.45) is 5.84 Å². The maximum Gasteiger partial charge on any atom is 0.350 e. The van der Waals surface area contributed by atoms with E-state index in [1.54, 1.807) is 5.43 Å². The number of hydrogen-bond acceptors (Lipinski definition) is 4. The fraction of sp³-hybridized carbons (Fsp3) is 0. The van der Waals surface area contributed by atoms with Crippen LogP contribution in [0.4, 0.5) is 4.79 Å². The van der Waals surface area contributed by atoms with Crippen molar-refractivity contribution in [2.75, 3.05) is 0 Å². The summed E-state index contributed by atoms with van der Waals surface area (Å²) < 4.78 is 27.6. The van der Waals surface area contributed by atoms with Crippen molar-refractivity contribution in [3.05, 3.63) is 0 Å². The third-order valence-electron chi connectivity index (χ3n) is 0.425. The number of rotatable bonds is 2. The van der Waals surface area contributed by atoms with Gasteiger partial charge < -0.3 is 0 Å². The summed E-state index contributed by atoms with van der Waals surface area (Å²) >= 11 is 0. The summed E-state index contributed by atoms with van der Waals surface area (Å²) in [6.07, 6.45) is 0. The molecular formula is CH6N4O4S. The Hall–Kier alpha value is -0.900. The number of amides is 2. The van der Waals surface area contributed by atoms with Crippen molar-refractivity contribution in [3.8, 4) is 0 Å². The predicted molar refractivity (Wildman–Crippen MR) is 30.5 cm³/mol. The van der Waals surface area contributed by atoms with Gasteiger partial charge in [-0.05, 0) is 0 Å². The highest BCUT2D eigenvalue weighted by molar-refractivity contribution is 7.83. The number of carbonyl (C=O) groups is 1. The molecule has 0 unspecified atom stereocenters. The van der Waals surface area contributed by atoms with Crippen molar-refractivity contribution < 1.29 is 17.8 Å². The van der Waals surface area contributed by atoms with Crippen LogP contribution in [0.2, 0.25) is 0 Å². The molecule has 6 N–H and O–H groups in total. The van der Waals surface area contributed by atoms with Gasteiger partial charge in [-0.25, -0.2) is 10.6 Å². The van der Waals surface area contributed by atoms with Crippen molar-refractivity contribution in [3.63, 3.8) is 0 Å². The van der Waals surface area contributed by atoms with E-state index < -0.39 is 16.3 Å². The van der Waals surface area contributed by atoms with Crippen molar-refractivity contribution in [2.45, 2.75) is 0 Å². The van der Waals surface area contributed by atoms with Gasteiger partial charge in [0.05, 0.1) is 0 Å². The Morgan fingerprint density at radius 3 is 2.30 bits per heavy atom. The second-order valence-corrected chi connectivity index (χ2v) is 2.33. The summed E-state index contributed by atoms with van der Waals surface area (Å²) in [6, 6.07) is -0.988. The van der Waals surface area contributed by atoms with Crippen LogP contribution in [0.25, 0.3) is 0 Å². The van der Waals surface area contributed by atoms with E-state index in [0.717, 1.165) is 0 Å². The van der Waals surface area contributed by atoms with Gasteiger partial charge in [0.1, 0.15) is 0 Å². The SMILES string of the molecule is NNC(=O)NNS(=O)(=O)O. The molecule has 9 heteroatoms. The van der Waals surface area contributed by atoms with Gasteiger partial charge in [-0.15, -0.1) is 4.83 Å². The second-order valence-electron chi connectivity index (χ2n) is 1.18. The van der Waals surface area contributed by atoms with Crippen LogP contribution in [0.1, 0.15) is 0 Å². The Bertz CT molecular complexity index is 207. The van der Waals surface area contributed by atoms with Gasteiger partial charge >= 0.3 is 16.3 Å². The number of hydrazine groups is 2. The molecule has 0 heterocycles. The molecule has 0 aromatic heterocycles. The quantitative estimate of drug-likeness (QED) is 0.135. The van der Waals surface area contributed by atoms with Crippen molar-refractivity contribution in [1.82, 2.24) is 15.7 Å². The van der Waals surface area contributed by atoms with Crippen LogP contribution in [0.3, 0.4) is 0 Å². The Balaban J connectivity index is 3.67. The highest BCUT2D eigenvalue weighted by atomic mass is 32.2. The third kappa shape index (κ3) is 5.24. The highest BCUT2D eigenvalue weighted by Crippen LogP contribution is 1.65. The number of nitrogens with two attached hydrogens (primary N) is 1. The van der Waals surface area contributed by atoms with Crippen LogP contribution in [0.15, 0.2) is 0 Å². The molecule has 2 amide bonds. The molecule has 0 saturated carbocycles. The maximum absolute atomic E-state index is 10.1. The lowest BCUT2D eigenvalue weighted by Crippen LogP contribution is -2.48. The first-order valence-electron chi connectivity index (χ1n) is 1.96. The standard InChI is InChI=1S/CH6N4O4S/c2-3-1(6)4-5-10(7,8)9/h5H,2H2,(H2,3,4,6)(H,7,8,9). The van der Waals surface area contributed by atoms with Crippen LogP contribution in [-0.4, -0.2) is 19.0 Å². The van der Waals surface area contributed by atoms with Crippen LogP contribution < -0.4 is 21.5 Å². The zero-order valence-electron chi connectivity index (χ0n) is 4.66. The molecule has 0 bridgehead atoms. The molecule has 0 rings (SSSR count). The molecule has 8 nitrogen and oxygen atoms in total. The molecular weight excluding hydrogens is 164 g/mol. The van der Waals surface area contributed by atoms with Gasteiger partial charge in [-0.3, -0.25) is 15.4 Å². The summed E-state index contributed by atoms with van der Waals surface area (Å²) in [4.78, 5) is 11.3. The maximum atomic E-state index is 10.1. The van der Waals surface area contributed by atoms with Gasteiger partial charge in [-0.2, -0.15) is 8.42 Å². The molecule has 60 valence electrons. The fourth-order valence-electron chi connectivity index (χ4n) is 0.147. The highest BCUT2D eigenvalue weighted by Gasteiger charge is 2.03. The number of carbonyl (C=O) groups excluding carboxylic acids is 1. The Morgan fingerprint density at radius 2 is 2.00 bits per heavy atom. The van der Waals surface area contributed by atoms with E-state index in [-0.39, 0.29) is 0 Å². The average molecular weight is 170 g/mol. The van der Waals surface area contributed by atoms with Gasteiger partial charge in [0.2, 0.25) is 0 Å². The van der Waals surface area contributed by atoms with E-state index in [1.807, 2.05) is 0 Å². The van der Waals surface area contributed by atoms with E-state index >= 15 is 0 Å². The average Bonchev–Trinajstić information content (AvgIpc) is 1.81. The monoisotopic (exact) mass is 170 g/mol. The predicted octanol–water partition coefficient (Wildman–Crippen LogP) is -2.53. The lowest BCUT2D eigenvalue weighted by atomic mass is 11.1. The lowest BCUT2D eigenvalue weighted by Gasteiger charge is -2.00. The number of hydrogen-bond donors (Lipinski definition) is 5. The van der Waals surface area contributed by atoms with E-state index in [9.17, 15) is 13.2 Å². The number of urea groups is 1. The molecule has 0 aliphatic rings. The summed E-state index contributed by atoms with van der Waals surface area (Å²) in [5, 5.41) is 0. The van der Waals surface area contributed by atoms with Crippen LogP contribution in [0, 0.1) is 0 Å². The van der Waals surface area contributed by atoms with Crippen LogP contribution in [0.5, 0.6) is 0 Å². The molecule has 10 heavy (non-hydrogen) atoms. The zero-order valence-corrected chi connectivity index (χ0v) is 5.47. The Morgan fingerprint density at radius 1 is 1.50 bits per heavy atom. The van der Waals surface area contributed by atoms with E-state index in [1.165, 1.54) is 10.3 Å². The Labute approximate surface area is 56.6 Å². The molecule has 0 saturated heterocycles. The summed E-state index contributed by atoms with van der Waals surface area (Å²) in [6.45, 7) is 0. The minimum absolute atomic E-state index is 0.988. The Kier molecular flexibility index (Phi) is 3.02. The number of nitrogens with one attached hydrogen (secondary N) is 3. The second kappa shape index (κ2) is 3.31. The lowest BCUT2D eigenvalue weighted by molar-refractivity contribution is 0.239. The normalized spacial score (nSPS) is 10.6. The van der Waals surface area contributed by atoms with Crippen molar-refractivity contribution >= 4 is 16.3 Å². The van der Waals surface area contributed by atoms with Gasteiger partial charge in [0.15, 0.2) is 0 Å². The van der Waals surface area contributed by atoms with E-state index in [2.05, 4.69) is 5.84 Å². The smallest absolute Gasteiger partial charge is 0.275 e. The molecule has 0 fully saturated rings. The fourth-order valence-corrected chi connectivity index (χ4v) is 0.369. The molecule has 0 aliphatic heterocycles. The first kappa shape index (κ1) is 9.10. The third-order valence-corrected chi connectivity index (χ3v) is 0.785. The zero-order chi connectivity index (χ0) is 8.20. The van der Waals surface area contributed by atoms with Crippen molar-refractivity contribution in [1.29, 1.82) is 0 Å². The molecule has 0 spiro atoms. The first-order valence-corrected chi connectivity index (χ1v) is 3.40. The van der Waals surface area contributed by atoms with Gasteiger partial charge in [0.25, 0.3) is 0 Å². The molecule has 0 aromatic carbocycles. The van der Waals surface area contributed by atoms with Crippen LogP contribution >= 0.6 is 0 Å². The van der Waals surface area contributed by atoms with E-state index in [0.29, 0.717) is 0 Å². The molecule has 0 aromatic rings. The van der Waals surface area contributed by atoms with Gasteiger partial charge in [0, 0.05) is 0 Å². The summed E-state index contributed by atoms with van der Waals surface area (Å²) in [5.74, 6) is 4.52. The first-order chi connectivity index (χ1) is 4.45. The molecule has 0 radical (unpaired) electrons. The molecule has 0 atom stereocenters. The van der Waals surface area contributed by atoms with E-state index in [4.69, 9.17) is 4.55 Å². The summed E-state index contributed by atoms with van der Waals surface area (Å²) in [5.41, 5.74) is 3.06. The molecule has 0 aliphatic carbocycles. The van der Waals surface area contributed by atoms with Gasteiger partial charge in [-0.1, -0.05) is 0 Å².